The third-order valence-electron chi connectivity index (χ3n) is 3.35. The Bertz CT molecular complexity index is 406. The molecular weight excluding hydrogens is 216 g/mol. The largest absolute Gasteiger partial charge is 0.506 e. The van der Waals surface area contributed by atoms with Crippen molar-refractivity contribution in [3.63, 3.8) is 0 Å². The topological polar surface area (TPSA) is 53.4 Å². The summed E-state index contributed by atoms with van der Waals surface area (Å²) in [6.45, 7) is 3.80. The number of aromatic nitrogens is 1. The summed E-state index contributed by atoms with van der Waals surface area (Å²) in [6, 6.07) is 1.48. The molecule has 0 aromatic carbocycles. The highest BCUT2D eigenvalue weighted by Crippen LogP contribution is 2.21. The van der Waals surface area contributed by atoms with E-state index >= 15 is 0 Å². The lowest BCUT2D eigenvalue weighted by Gasteiger charge is -2.32. The van der Waals surface area contributed by atoms with Gasteiger partial charge in [-0.1, -0.05) is 13.3 Å². The zero-order valence-corrected chi connectivity index (χ0v) is 10.1. The van der Waals surface area contributed by atoms with Gasteiger partial charge in [-0.05, 0) is 24.8 Å². The maximum atomic E-state index is 12.2. The van der Waals surface area contributed by atoms with Gasteiger partial charge in [0.25, 0.3) is 5.91 Å². The van der Waals surface area contributed by atoms with E-state index in [4.69, 9.17) is 0 Å². The molecule has 1 unspecified atom stereocenters. The molecule has 0 radical (unpaired) electrons. The van der Waals surface area contributed by atoms with Crippen LogP contribution >= 0.6 is 0 Å². The monoisotopic (exact) mass is 234 g/mol. The van der Waals surface area contributed by atoms with Crippen LogP contribution in [0.5, 0.6) is 5.75 Å². The molecule has 0 saturated carbocycles. The summed E-state index contributed by atoms with van der Waals surface area (Å²) in [5, 5.41) is 9.33. The van der Waals surface area contributed by atoms with Gasteiger partial charge in [0, 0.05) is 19.3 Å². The van der Waals surface area contributed by atoms with Gasteiger partial charge in [-0.2, -0.15) is 0 Å². The number of carbonyl (C=O) groups is 1. The maximum Gasteiger partial charge on any atom is 0.255 e. The van der Waals surface area contributed by atoms with Gasteiger partial charge in [0.1, 0.15) is 5.75 Å². The van der Waals surface area contributed by atoms with Gasteiger partial charge >= 0.3 is 0 Å². The molecule has 1 fully saturated rings. The van der Waals surface area contributed by atoms with E-state index in [-0.39, 0.29) is 11.7 Å². The molecule has 4 nitrogen and oxygen atoms in total. The van der Waals surface area contributed by atoms with E-state index in [1.54, 1.807) is 0 Å². The van der Waals surface area contributed by atoms with Crippen LogP contribution in [0.1, 0.15) is 36.5 Å². The predicted molar refractivity (Wildman–Crippen MR) is 64.8 cm³/mol. The summed E-state index contributed by atoms with van der Waals surface area (Å²) in [5.74, 6) is 0.629. The average molecular weight is 234 g/mol. The van der Waals surface area contributed by atoms with Crippen LogP contribution in [-0.2, 0) is 0 Å². The molecule has 4 heteroatoms. The van der Waals surface area contributed by atoms with Gasteiger partial charge in [0.15, 0.2) is 0 Å². The van der Waals surface area contributed by atoms with E-state index in [0.717, 1.165) is 25.9 Å². The first-order valence-corrected chi connectivity index (χ1v) is 6.14. The lowest BCUT2D eigenvalue weighted by Crippen LogP contribution is -2.39. The highest BCUT2D eigenvalue weighted by molar-refractivity contribution is 5.94. The summed E-state index contributed by atoms with van der Waals surface area (Å²) in [4.78, 5) is 17.9. The van der Waals surface area contributed by atoms with E-state index in [1.807, 2.05) is 4.90 Å². The van der Waals surface area contributed by atoms with Crippen LogP contribution in [0, 0.1) is 5.92 Å². The van der Waals surface area contributed by atoms with Crippen molar-refractivity contribution in [2.75, 3.05) is 13.1 Å². The number of pyridine rings is 1. The standard InChI is InChI=1S/C13H18N2O2/c1-2-10-4-3-5-15(9-10)13(17)11-6-12(16)8-14-7-11/h6-8,10,16H,2-5,9H2,1H3. The Hall–Kier alpha value is -1.58. The molecule has 1 aliphatic heterocycles. The molecule has 1 atom stereocenters. The van der Waals surface area contributed by atoms with Crippen molar-refractivity contribution in [2.45, 2.75) is 26.2 Å². The van der Waals surface area contributed by atoms with Gasteiger partial charge in [0.2, 0.25) is 0 Å². The number of carbonyl (C=O) groups excluding carboxylic acids is 1. The van der Waals surface area contributed by atoms with Crippen LogP contribution in [0.4, 0.5) is 0 Å². The van der Waals surface area contributed by atoms with E-state index in [0.29, 0.717) is 11.5 Å². The molecule has 2 rings (SSSR count). The Morgan fingerprint density at radius 3 is 3.12 bits per heavy atom. The van der Waals surface area contributed by atoms with Gasteiger partial charge in [-0.25, -0.2) is 0 Å². The molecule has 1 aromatic heterocycles. The number of rotatable bonds is 2. The lowest BCUT2D eigenvalue weighted by atomic mass is 9.95. The third kappa shape index (κ3) is 2.75. The van der Waals surface area contributed by atoms with Crippen molar-refractivity contribution in [2.24, 2.45) is 5.92 Å². The summed E-state index contributed by atoms with van der Waals surface area (Å²) in [7, 11) is 0. The molecule has 2 heterocycles. The molecule has 92 valence electrons. The SMILES string of the molecule is CCC1CCCN(C(=O)c2cncc(O)c2)C1. The molecule has 0 bridgehead atoms. The first-order chi connectivity index (χ1) is 8.20. The van der Waals surface area contributed by atoms with Crippen molar-refractivity contribution >= 4 is 5.91 Å². The Morgan fingerprint density at radius 1 is 1.59 bits per heavy atom. The zero-order valence-electron chi connectivity index (χ0n) is 10.1. The van der Waals surface area contributed by atoms with E-state index in [2.05, 4.69) is 11.9 Å². The number of amides is 1. The molecule has 1 aliphatic rings. The van der Waals surface area contributed by atoms with Crippen molar-refractivity contribution in [1.82, 2.24) is 9.88 Å². The minimum atomic E-state index is -0.0217. The fourth-order valence-electron chi connectivity index (χ4n) is 2.31. The Morgan fingerprint density at radius 2 is 2.41 bits per heavy atom. The number of hydrogen-bond acceptors (Lipinski definition) is 3. The predicted octanol–water partition coefficient (Wildman–Crippen LogP) is 2.05. The molecular formula is C13H18N2O2. The van der Waals surface area contributed by atoms with Crippen LogP contribution in [0.15, 0.2) is 18.5 Å². The van der Waals surface area contributed by atoms with E-state index in [9.17, 15) is 9.90 Å². The first-order valence-electron chi connectivity index (χ1n) is 6.14. The zero-order chi connectivity index (χ0) is 12.3. The van der Waals surface area contributed by atoms with Crippen molar-refractivity contribution in [3.05, 3.63) is 24.0 Å². The smallest absolute Gasteiger partial charge is 0.255 e. The fraction of sp³-hybridized carbons (Fsp3) is 0.538. The van der Waals surface area contributed by atoms with E-state index < -0.39 is 0 Å². The molecule has 1 N–H and O–H groups in total. The Kier molecular flexibility index (Phi) is 3.61. The number of nitrogens with zero attached hydrogens (tertiary/aromatic N) is 2. The van der Waals surface area contributed by atoms with Crippen LogP contribution < -0.4 is 0 Å². The number of likely N-dealkylation sites (tertiary alicyclic amines) is 1. The summed E-state index contributed by atoms with van der Waals surface area (Å²) < 4.78 is 0. The molecule has 0 spiro atoms. The Balaban J connectivity index is 2.09. The van der Waals surface area contributed by atoms with Gasteiger partial charge in [-0.15, -0.1) is 0 Å². The molecule has 0 aliphatic carbocycles. The quantitative estimate of drug-likeness (QED) is 0.852. The molecule has 1 amide bonds. The number of hydrogen-bond donors (Lipinski definition) is 1. The number of aromatic hydroxyl groups is 1. The van der Waals surface area contributed by atoms with E-state index in [1.165, 1.54) is 24.9 Å². The van der Waals surface area contributed by atoms with Crippen LogP contribution in [0.2, 0.25) is 0 Å². The van der Waals surface area contributed by atoms with Crippen molar-refractivity contribution in [3.8, 4) is 5.75 Å². The van der Waals surface area contributed by atoms with Gasteiger partial charge < -0.3 is 10.0 Å². The summed E-state index contributed by atoms with van der Waals surface area (Å²) in [5.41, 5.74) is 0.474. The molecule has 1 aromatic rings. The number of piperidine rings is 1. The van der Waals surface area contributed by atoms with Crippen LogP contribution in [-0.4, -0.2) is 34.0 Å². The van der Waals surface area contributed by atoms with Crippen LogP contribution in [0.3, 0.4) is 0 Å². The van der Waals surface area contributed by atoms with Crippen molar-refractivity contribution < 1.29 is 9.90 Å². The minimum absolute atomic E-state index is 0.0217. The third-order valence-corrected chi connectivity index (χ3v) is 3.35. The minimum Gasteiger partial charge on any atom is -0.506 e. The molecule has 1 saturated heterocycles. The average Bonchev–Trinajstić information content (AvgIpc) is 2.38. The summed E-state index contributed by atoms with van der Waals surface area (Å²) in [6.07, 6.45) is 6.23. The van der Waals surface area contributed by atoms with Crippen LogP contribution in [0.25, 0.3) is 0 Å². The van der Waals surface area contributed by atoms with Gasteiger partial charge in [0.05, 0.1) is 11.8 Å². The first kappa shape index (κ1) is 11.9. The van der Waals surface area contributed by atoms with Crippen molar-refractivity contribution in [1.29, 1.82) is 0 Å². The highest BCUT2D eigenvalue weighted by atomic mass is 16.3. The van der Waals surface area contributed by atoms with Gasteiger partial charge in [-0.3, -0.25) is 9.78 Å². The summed E-state index contributed by atoms with van der Waals surface area (Å²) >= 11 is 0. The maximum absolute atomic E-state index is 12.2. The fourth-order valence-corrected chi connectivity index (χ4v) is 2.31. The second kappa shape index (κ2) is 5.17. The Labute approximate surface area is 101 Å². The normalized spacial score (nSPS) is 20.3. The lowest BCUT2D eigenvalue weighted by molar-refractivity contribution is 0.0670. The molecule has 17 heavy (non-hydrogen) atoms. The highest BCUT2D eigenvalue weighted by Gasteiger charge is 2.23. The second-order valence-corrected chi connectivity index (χ2v) is 4.60. The second-order valence-electron chi connectivity index (χ2n) is 4.60.